The summed E-state index contributed by atoms with van der Waals surface area (Å²) in [6, 6.07) is 5.05. The molecule has 182 valence electrons. The molecule has 0 spiro atoms. The van der Waals surface area contributed by atoms with Gasteiger partial charge in [0, 0.05) is 29.1 Å². The largest absolute Gasteiger partial charge is 0.573 e. The summed E-state index contributed by atoms with van der Waals surface area (Å²) in [6.45, 7) is 11.6. The van der Waals surface area contributed by atoms with Crippen LogP contribution in [-0.2, 0) is 0 Å². The van der Waals surface area contributed by atoms with E-state index in [2.05, 4.69) is 20.0 Å². The number of nitriles is 1. The minimum absolute atomic E-state index is 0.129. The van der Waals surface area contributed by atoms with Crippen molar-refractivity contribution in [2.24, 2.45) is 10.8 Å². The highest BCUT2D eigenvalue weighted by Gasteiger charge is 2.64. The first-order valence-corrected chi connectivity index (χ1v) is 10.8. The summed E-state index contributed by atoms with van der Waals surface area (Å²) < 4.78 is 48.2. The zero-order valence-corrected chi connectivity index (χ0v) is 19.8. The van der Waals surface area contributed by atoms with Gasteiger partial charge in [0.25, 0.3) is 5.91 Å². The Morgan fingerprint density at radius 3 is 2.29 bits per heavy atom. The summed E-state index contributed by atoms with van der Waals surface area (Å²) in [5, 5.41) is 12.1. The second-order valence-corrected chi connectivity index (χ2v) is 9.85. The molecule has 0 radical (unpaired) electrons. The number of halogens is 3. The van der Waals surface area contributed by atoms with Crippen LogP contribution >= 0.6 is 0 Å². The van der Waals surface area contributed by atoms with Crippen LogP contribution in [-0.4, -0.2) is 34.4 Å². The van der Waals surface area contributed by atoms with Crippen molar-refractivity contribution in [2.75, 3.05) is 0 Å². The van der Waals surface area contributed by atoms with Gasteiger partial charge in [0.05, 0.1) is 17.5 Å². The van der Waals surface area contributed by atoms with Gasteiger partial charge in [-0.05, 0) is 18.1 Å². The van der Waals surface area contributed by atoms with Gasteiger partial charge in [-0.25, -0.2) is 4.98 Å². The molecule has 1 aliphatic carbocycles. The Balaban J connectivity index is 1.77. The number of hydrogen-bond donors (Lipinski definition) is 1. The Kier molecular flexibility index (Phi) is 6.53. The second kappa shape index (κ2) is 8.78. The van der Waals surface area contributed by atoms with Crippen LogP contribution in [0.5, 0.6) is 11.5 Å². The molecule has 0 saturated heterocycles. The number of benzene rings is 1. The van der Waals surface area contributed by atoms with Crippen molar-refractivity contribution in [3.63, 3.8) is 0 Å². The number of rotatable bonds is 6. The molecule has 1 N–H and O–H groups in total. The fourth-order valence-corrected chi connectivity index (χ4v) is 4.77. The van der Waals surface area contributed by atoms with Crippen molar-refractivity contribution in [2.45, 2.75) is 66.0 Å². The number of amides is 1. The molecule has 10 heteroatoms. The lowest BCUT2D eigenvalue weighted by Gasteiger charge is -2.63. The number of alkyl halides is 3. The Labute approximate surface area is 196 Å². The zero-order chi connectivity index (χ0) is 25.5. The highest BCUT2D eigenvalue weighted by molar-refractivity contribution is 5.92. The number of carbonyl (C=O) groups is 1. The predicted octanol–water partition coefficient (Wildman–Crippen LogP) is 4.98. The summed E-state index contributed by atoms with van der Waals surface area (Å²) in [7, 11) is 0. The van der Waals surface area contributed by atoms with E-state index >= 15 is 0 Å². The molecule has 1 aromatic carbocycles. The quantitative estimate of drug-likeness (QED) is 0.632. The first-order valence-electron chi connectivity index (χ1n) is 10.8. The minimum atomic E-state index is -4.94. The number of aromatic nitrogens is 2. The van der Waals surface area contributed by atoms with Gasteiger partial charge in [-0.3, -0.25) is 9.78 Å². The summed E-state index contributed by atoms with van der Waals surface area (Å²) in [6.07, 6.45) is -2.37. The molecule has 0 unspecified atom stereocenters. The number of nitrogens with zero attached hydrogens (tertiary/aromatic N) is 3. The van der Waals surface area contributed by atoms with Crippen LogP contribution in [0, 0.1) is 22.2 Å². The van der Waals surface area contributed by atoms with Crippen molar-refractivity contribution < 1.29 is 27.4 Å². The lowest BCUT2D eigenvalue weighted by atomic mass is 9.49. The average Bonchev–Trinajstić information content (AvgIpc) is 2.74. The van der Waals surface area contributed by atoms with E-state index in [-0.39, 0.29) is 34.9 Å². The molecular weight excluding hydrogens is 449 g/mol. The smallest absolute Gasteiger partial charge is 0.489 e. The topological polar surface area (TPSA) is 97.1 Å². The van der Waals surface area contributed by atoms with Gasteiger partial charge in [0.2, 0.25) is 0 Å². The Hall–Kier alpha value is -3.35. The number of nitrogens with one attached hydrogen (secondary N) is 1. The van der Waals surface area contributed by atoms with Crippen molar-refractivity contribution >= 4 is 5.91 Å². The van der Waals surface area contributed by atoms with Crippen LogP contribution in [0.15, 0.2) is 30.6 Å². The van der Waals surface area contributed by atoms with Crippen molar-refractivity contribution in [1.82, 2.24) is 15.3 Å². The molecule has 2 aromatic rings. The van der Waals surface area contributed by atoms with E-state index in [1.165, 1.54) is 18.3 Å². The van der Waals surface area contributed by atoms with Gasteiger partial charge < -0.3 is 14.8 Å². The van der Waals surface area contributed by atoms with Crippen molar-refractivity contribution in [3.05, 3.63) is 47.5 Å². The molecule has 1 fully saturated rings. The molecule has 34 heavy (non-hydrogen) atoms. The Morgan fingerprint density at radius 1 is 1.15 bits per heavy atom. The lowest BCUT2D eigenvalue weighted by Crippen LogP contribution is -2.74. The maximum Gasteiger partial charge on any atom is 0.573 e. The average molecular weight is 476 g/mol. The molecular formula is C24H27F3N4O3. The van der Waals surface area contributed by atoms with Crippen molar-refractivity contribution in [3.8, 4) is 17.6 Å². The van der Waals surface area contributed by atoms with Crippen LogP contribution in [0.3, 0.4) is 0 Å². The minimum Gasteiger partial charge on any atom is -0.489 e. The van der Waals surface area contributed by atoms with Gasteiger partial charge in [-0.15, -0.1) is 13.2 Å². The van der Waals surface area contributed by atoms with Crippen molar-refractivity contribution in [1.29, 1.82) is 5.26 Å². The first-order chi connectivity index (χ1) is 15.7. The fourth-order valence-electron chi connectivity index (χ4n) is 4.77. The van der Waals surface area contributed by atoms with Crippen LogP contribution in [0.1, 0.15) is 69.2 Å². The molecule has 1 amide bonds. The maximum absolute atomic E-state index is 12.8. The molecule has 1 aliphatic rings. The van der Waals surface area contributed by atoms with E-state index in [1.54, 1.807) is 12.3 Å². The second-order valence-electron chi connectivity index (χ2n) is 9.85. The summed E-state index contributed by atoms with van der Waals surface area (Å²) in [4.78, 5) is 21.3. The number of ether oxygens (including phenoxy) is 2. The van der Waals surface area contributed by atoms with Crippen LogP contribution < -0.4 is 14.8 Å². The van der Waals surface area contributed by atoms with Gasteiger partial charge in [-0.2, -0.15) is 5.26 Å². The van der Waals surface area contributed by atoms with E-state index in [1.807, 2.05) is 41.5 Å². The highest BCUT2D eigenvalue weighted by atomic mass is 19.4. The molecule has 1 saturated carbocycles. The summed E-state index contributed by atoms with van der Waals surface area (Å²) in [5.41, 5.74) is -0.411. The van der Waals surface area contributed by atoms with Gasteiger partial charge in [0.1, 0.15) is 23.6 Å². The normalized spacial score (nSPS) is 20.7. The predicted molar refractivity (Wildman–Crippen MR) is 117 cm³/mol. The monoisotopic (exact) mass is 476 g/mol. The molecule has 1 heterocycles. The van der Waals surface area contributed by atoms with Gasteiger partial charge in [0.15, 0.2) is 5.75 Å². The molecule has 7 nitrogen and oxygen atoms in total. The molecule has 3 rings (SSSR count). The Bertz CT molecular complexity index is 1090. The summed E-state index contributed by atoms with van der Waals surface area (Å²) >= 11 is 0. The number of hydrogen-bond acceptors (Lipinski definition) is 6. The molecule has 1 aromatic heterocycles. The third-order valence-corrected chi connectivity index (χ3v) is 6.16. The maximum atomic E-state index is 12.8. The van der Waals surface area contributed by atoms with E-state index < -0.39 is 29.0 Å². The van der Waals surface area contributed by atoms with Crippen LogP contribution in [0.2, 0.25) is 0 Å². The standard InChI is InChI=1S/C24H27F3N4O3/c1-13(2)16-11-30-17(12-29-16)19(32)31-20-22(3,4)21(23(20,5)6)33-15-8-7-14(10-28)18(9-15)34-24(25,26)27/h7-9,11-13,20-21H,1-6H3,(H,31,32). The zero-order valence-electron chi connectivity index (χ0n) is 19.8. The van der Waals surface area contributed by atoms with E-state index in [4.69, 9.17) is 10.00 Å². The SMILES string of the molecule is CC(C)c1cnc(C(=O)NC2C(C)(C)C(Oc3ccc(C#N)c(OC(F)(F)F)c3)C2(C)C)cn1. The number of carbonyl (C=O) groups excluding carboxylic acids is 1. The van der Waals surface area contributed by atoms with Crippen LogP contribution in [0.25, 0.3) is 0 Å². The third-order valence-electron chi connectivity index (χ3n) is 6.16. The lowest BCUT2D eigenvalue weighted by molar-refractivity contribution is -0.274. The summed E-state index contributed by atoms with van der Waals surface area (Å²) in [5.74, 6) is -0.678. The van der Waals surface area contributed by atoms with Gasteiger partial charge in [-0.1, -0.05) is 41.5 Å². The molecule has 0 aliphatic heterocycles. The van der Waals surface area contributed by atoms with Gasteiger partial charge >= 0.3 is 6.36 Å². The fraction of sp³-hybridized carbons (Fsp3) is 0.500. The molecule has 0 atom stereocenters. The van der Waals surface area contributed by atoms with E-state index in [0.717, 1.165) is 11.8 Å². The molecule has 0 bridgehead atoms. The third kappa shape index (κ3) is 4.93. The first kappa shape index (κ1) is 25.3. The van der Waals surface area contributed by atoms with Crippen LogP contribution in [0.4, 0.5) is 13.2 Å². The highest BCUT2D eigenvalue weighted by Crippen LogP contribution is 2.55. The van der Waals surface area contributed by atoms with E-state index in [0.29, 0.717) is 0 Å². The van der Waals surface area contributed by atoms with E-state index in [9.17, 15) is 18.0 Å². The Morgan fingerprint density at radius 2 is 1.79 bits per heavy atom.